The number of barbiturate groups is 1. The Hall–Kier alpha value is -3.58. The van der Waals surface area contributed by atoms with Crippen LogP contribution in [0.5, 0.6) is 0 Å². The van der Waals surface area contributed by atoms with Crippen molar-refractivity contribution >= 4 is 45.5 Å². The molecule has 3 aromatic carbocycles. The summed E-state index contributed by atoms with van der Waals surface area (Å²) >= 11 is 3.42. The van der Waals surface area contributed by atoms with Gasteiger partial charge in [-0.05, 0) is 78.1 Å². The van der Waals surface area contributed by atoms with Gasteiger partial charge in [0.15, 0.2) is 0 Å². The van der Waals surface area contributed by atoms with Gasteiger partial charge in [-0.2, -0.15) is 0 Å². The highest BCUT2D eigenvalue weighted by atomic mass is 79.9. The first kappa shape index (κ1) is 21.6. The Kier molecular flexibility index (Phi) is 6.01. The summed E-state index contributed by atoms with van der Waals surface area (Å²) < 4.78 is 14.4. The Morgan fingerprint density at radius 2 is 1.78 bits per heavy atom. The summed E-state index contributed by atoms with van der Waals surface area (Å²) in [5.74, 6) is -1.81. The standard InChI is InChI=1S/C25H18BrFN2O3/c1-15-4-2-7-21(10-15)29-24(31)22(23(30)28-25(29)32)14-18-13-19(26)9-8-17(18)11-16-5-3-6-20(27)12-16/h2-10,12-14H,11H2,1H3,(H,28,30,32)/b22-14+. The molecule has 1 N–H and O–H groups in total. The lowest BCUT2D eigenvalue weighted by molar-refractivity contribution is -0.122. The van der Waals surface area contributed by atoms with E-state index >= 15 is 0 Å². The van der Waals surface area contributed by atoms with Crippen LogP contribution in [-0.4, -0.2) is 17.8 Å². The summed E-state index contributed by atoms with van der Waals surface area (Å²) in [6.07, 6.45) is 1.87. The molecule has 0 atom stereocenters. The first-order chi connectivity index (χ1) is 15.3. The van der Waals surface area contributed by atoms with Gasteiger partial charge in [0.1, 0.15) is 11.4 Å². The zero-order valence-corrected chi connectivity index (χ0v) is 18.6. The minimum Gasteiger partial charge on any atom is -0.273 e. The zero-order valence-electron chi connectivity index (χ0n) is 17.1. The fraction of sp³-hybridized carbons (Fsp3) is 0.0800. The lowest BCUT2D eigenvalue weighted by atomic mass is 9.97. The van der Waals surface area contributed by atoms with Gasteiger partial charge in [0, 0.05) is 4.47 Å². The van der Waals surface area contributed by atoms with E-state index in [-0.39, 0.29) is 11.4 Å². The van der Waals surface area contributed by atoms with Crippen LogP contribution in [0.2, 0.25) is 0 Å². The number of nitrogens with zero attached hydrogens (tertiary/aromatic N) is 1. The smallest absolute Gasteiger partial charge is 0.273 e. The van der Waals surface area contributed by atoms with Crippen molar-refractivity contribution in [2.75, 3.05) is 4.90 Å². The third-order valence-corrected chi connectivity index (χ3v) is 5.55. The number of amides is 4. The first-order valence-corrected chi connectivity index (χ1v) is 10.6. The Balaban J connectivity index is 1.75. The molecule has 0 aliphatic carbocycles. The minimum absolute atomic E-state index is 0.162. The van der Waals surface area contributed by atoms with E-state index in [1.165, 1.54) is 18.2 Å². The van der Waals surface area contributed by atoms with E-state index in [4.69, 9.17) is 0 Å². The fourth-order valence-electron chi connectivity index (χ4n) is 3.54. The molecule has 4 rings (SSSR count). The zero-order chi connectivity index (χ0) is 22.8. The number of benzene rings is 3. The van der Waals surface area contributed by atoms with Gasteiger partial charge in [0.2, 0.25) is 0 Å². The van der Waals surface area contributed by atoms with E-state index < -0.39 is 17.8 Å². The number of anilines is 1. The molecule has 1 saturated heterocycles. The average molecular weight is 493 g/mol. The second-order valence-electron chi connectivity index (χ2n) is 7.45. The van der Waals surface area contributed by atoms with Crippen LogP contribution in [0.25, 0.3) is 6.08 Å². The minimum atomic E-state index is -0.794. The molecule has 0 radical (unpaired) electrons. The van der Waals surface area contributed by atoms with Gasteiger partial charge in [-0.3, -0.25) is 14.9 Å². The highest BCUT2D eigenvalue weighted by molar-refractivity contribution is 9.10. The molecule has 1 aliphatic heterocycles. The largest absolute Gasteiger partial charge is 0.335 e. The second kappa shape index (κ2) is 8.88. The molecule has 0 unspecified atom stereocenters. The molecule has 160 valence electrons. The topological polar surface area (TPSA) is 66.5 Å². The third kappa shape index (κ3) is 4.53. The molecule has 3 aromatic rings. The SMILES string of the molecule is Cc1cccc(N2C(=O)NC(=O)/C(=C\c3cc(Br)ccc3Cc3cccc(F)c3)C2=O)c1. The van der Waals surface area contributed by atoms with Gasteiger partial charge in [-0.25, -0.2) is 14.1 Å². The molecule has 4 amide bonds. The number of hydrogen-bond donors (Lipinski definition) is 1. The summed E-state index contributed by atoms with van der Waals surface area (Å²) in [4.78, 5) is 39.1. The number of rotatable bonds is 4. The molecule has 0 aromatic heterocycles. The van der Waals surface area contributed by atoms with Crippen LogP contribution in [0.3, 0.4) is 0 Å². The normalized spacial score (nSPS) is 15.3. The molecular weight excluding hydrogens is 475 g/mol. The number of carbonyl (C=O) groups excluding carboxylic acids is 3. The predicted octanol–water partition coefficient (Wildman–Crippen LogP) is 5.15. The third-order valence-electron chi connectivity index (χ3n) is 5.05. The Morgan fingerprint density at radius 1 is 1.00 bits per heavy atom. The number of imide groups is 2. The molecule has 1 heterocycles. The van der Waals surface area contributed by atoms with Crippen LogP contribution in [-0.2, 0) is 16.0 Å². The van der Waals surface area contributed by atoms with Gasteiger partial charge in [-0.15, -0.1) is 0 Å². The fourth-order valence-corrected chi connectivity index (χ4v) is 3.92. The van der Waals surface area contributed by atoms with Crippen molar-refractivity contribution in [1.29, 1.82) is 0 Å². The maximum absolute atomic E-state index is 13.6. The number of carbonyl (C=O) groups is 3. The van der Waals surface area contributed by atoms with E-state index in [0.29, 0.717) is 17.7 Å². The summed E-state index contributed by atoms with van der Waals surface area (Å²) in [5, 5.41) is 2.24. The molecule has 1 aliphatic rings. The van der Waals surface area contributed by atoms with Crippen molar-refractivity contribution in [1.82, 2.24) is 5.32 Å². The van der Waals surface area contributed by atoms with E-state index in [9.17, 15) is 18.8 Å². The van der Waals surface area contributed by atoms with Crippen molar-refractivity contribution in [3.8, 4) is 0 Å². The van der Waals surface area contributed by atoms with Crippen molar-refractivity contribution in [3.63, 3.8) is 0 Å². The molecule has 7 heteroatoms. The van der Waals surface area contributed by atoms with Gasteiger partial charge in [-0.1, -0.05) is 46.3 Å². The number of hydrogen-bond acceptors (Lipinski definition) is 3. The van der Waals surface area contributed by atoms with Crippen LogP contribution >= 0.6 is 15.9 Å². The van der Waals surface area contributed by atoms with Crippen molar-refractivity contribution < 1.29 is 18.8 Å². The van der Waals surface area contributed by atoms with Gasteiger partial charge < -0.3 is 0 Å². The maximum Gasteiger partial charge on any atom is 0.335 e. The van der Waals surface area contributed by atoms with Crippen LogP contribution in [0.15, 0.2) is 76.8 Å². The molecule has 32 heavy (non-hydrogen) atoms. The highest BCUT2D eigenvalue weighted by Gasteiger charge is 2.36. The quantitative estimate of drug-likeness (QED) is 0.404. The van der Waals surface area contributed by atoms with Gasteiger partial charge in [0.25, 0.3) is 11.8 Å². The maximum atomic E-state index is 13.6. The lowest BCUT2D eigenvalue weighted by Crippen LogP contribution is -2.54. The predicted molar refractivity (Wildman–Crippen MR) is 124 cm³/mol. The Morgan fingerprint density at radius 3 is 2.53 bits per heavy atom. The Labute approximate surface area is 192 Å². The average Bonchev–Trinajstić information content (AvgIpc) is 2.73. The van der Waals surface area contributed by atoms with E-state index in [2.05, 4.69) is 21.2 Å². The van der Waals surface area contributed by atoms with Crippen LogP contribution in [0.4, 0.5) is 14.9 Å². The molecular formula is C25H18BrFN2O3. The second-order valence-corrected chi connectivity index (χ2v) is 8.36. The summed E-state index contributed by atoms with van der Waals surface area (Å²) in [5.41, 5.74) is 3.24. The van der Waals surface area contributed by atoms with Crippen LogP contribution in [0, 0.1) is 12.7 Å². The van der Waals surface area contributed by atoms with Crippen LogP contribution in [0.1, 0.15) is 22.3 Å². The molecule has 0 spiro atoms. The summed E-state index contributed by atoms with van der Waals surface area (Å²) in [6, 6.07) is 17.8. The monoisotopic (exact) mass is 492 g/mol. The molecule has 0 saturated carbocycles. The van der Waals surface area contributed by atoms with Gasteiger partial charge in [0.05, 0.1) is 5.69 Å². The summed E-state index contributed by atoms with van der Waals surface area (Å²) in [7, 11) is 0. The molecule has 5 nitrogen and oxygen atoms in total. The lowest BCUT2D eigenvalue weighted by Gasteiger charge is -2.26. The first-order valence-electron chi connectivity index (χ1n) is 9.83. The van der Waals surface area contributed by atoms with Gasteiger partial charge >= 0.3 is 6.03 Å². The van der Waals surface area contributed by atoms with E-state index in [1.807, 2.05) is 25.1 Å². The molecule has 0 bridgehead atoms. The number of urea groups is 1. The summed E-state index contributed by atoms with van der Waals surface area (Å²) in [6.45, 7) is 1.85. The number of halogens is 2. The van der Waals surface area contributed by atoms with Crippen molar-refractivity contribution in [2.24, 2.45) is 0 Å². The highest BCUT2D eigenvalue weighted by Crippen LogP contribution is 2.26. The number of nitrogens with one attached hydrogen (secondary N) is 1. The van der Waals surface area contributed by atoms with Crippen molar-refractivity contribution in [2.45, 2.75) is 13.3 Å². The molecule has 1 fully saturated rings. The Bertz CT molecular complexity index is 1290. The van der Waals surface area contributed by atoms with E-state index in [1.54, 1.807) is 36.4 Å². The number of aryl methyl sites for hydroxylation is 1. The van der Waals surface area contributed by atoms with E-state index in [0.717, 1.165) is 26.1 Å². The van der Waals surface area contributed by atoms with Crippen LogP contribution < -0.4 is 10.2 Å². The van der Waals surface area contributed by atoms with Crippen molar-refractivity contribution in [3.05, 3.63) is 105 Å².